The van der Waals surface area contributed by atoms with E-state index < -0.39 is 58.9 Å². The Hall–Kier alpha value is -5.22. The number of amides is 4. The summed E-state index contributed by atoms with van der Waals surface area (Å²) in [6, 6.07) is -2.26. The second-order valence-electron chi connectivity index (χ2n) is 11.2. The van der Waals surface area contributed by atoms with Gasteiger partial charge in [0.2, 0.25) is 17.4 Å². The van der Waals surface area contributed by atoms with Crippen LogP contribution < -0.4 is 16.9 Å². The summed E-state index contributed by atoms with van der Waals surface area (Å²) in [6.07, 6.45) is 1.19. The first-order valence-electron chi connectivity index (χ1n) is 14.6. The number of hydrogen-bond donors (Lipinski definition) is 5. The van der Waals surface area contributed by atoms with Crippen molar-refractivity contribution in [2.24, 2.45) is 5.16 Å². The monoisotopic (exact) mass is 720 g/mol. The lowest BCUT2D eigenvalue weighted by atomic mass is 10.0. The summed E-state index contributed by atoms with van der Waals surface area (Å²) in [7, 11) is 0. The number of aliphatic carboxylic acids is 1. The van der Waals surface area contributed by atoms with E-state index in [0.717, 1.165) is 16.4 Å². The number of nitrogens with two attached hydrogens (primary N) is 1. The fourth-order valence-electron chi connectivity index (χ4n) is 6.04. The molecule has 20 nitrogen and oxygen atoms in total. The van der Waals surface area contributed by atoms with E-state index in [-0.39, 0.29) is 84.6 Å². The first-order chi connectivity index (χ1) is 23.4. The topological polar surface area (TPSA) is 285 Å². The smallest absolute Gasteiger partial charge is 0.477 e. The number of carbonyl (C=O) groups excluding carboxylic acids is 4. The van der Waals surface area contributed by atoms with E-state index in [4.69, 9.17) is 19.3 Å². The van der Waals surface area contributed by atoms with Crippen LogP contribution in [0.2, 0.25) is 0 Å². The number of aromatic nitrogens is 2. The number of nitrogens with zero attached hydrogens (tertiary/aromatic N) is 6. The van der Waals surface area contributed by atoms with Gasteiger partial charge in [-0.3, -0.25) is 19.3 Å². The second kappa shape index (κ2) is 13.4. The van der Waals surface area contributed by atoms with E-state index in [1.165, 1.54) is 29.7 Å². The van der Waals surface area contributed by atoms with Crippen LogP contribution in [0.15, 0.2) is 41.7 Å². The molecule has 0 spiro atoms. The summed E-state index contributed by atoms with van der Waals surface area (Å²) >= 11 is 1.94. The number of carboxylic acid groups (broad SMARTS) is 1. The maximum absolute atomic E-state index is 13.5. The van der Waals surface area contributed by atoms with Gasteiger partial charge in [0, 0.05) is 35.9 Å². The van der Waals surface area contributed by atoms with Crippen LogP contribution in [0.25, 0.3) is 0 Å². The van der Waals surface area contributed by atoms with Gasteiger partial charge in [-0.2, -0.15) is 9.36 Å². The molecule has 0 bridgehead atoms. The molecule has 0 aliphatic carbocycles. The second-order valence-corrected chi connectivity index (χ2v) is 13.1. The standard InChI is InChI=1S/C27H28N8O12S2/c1-10-15(47-27(43)46-10)8-45-26(42)34-6-13(5-14(34)7-36)33-3-2-11(21(33)38)4-12-9-48-23-17(22(39)35(23)18(12)24(40)41)29-20(37)16(31-44)19-30-25(28)49-32-19/h4,13-14,17,23,36,44H,2-3,5-9H2,1H3,(H,29,37)(H,40,41)(H2,28,30,32)/b11-4+,31-16-/t13?,14?,17-,23?/m1/s1. The maximum Gasteiger partial charge on any atom is 0.519 e. The number of oxime groups is 1. The molecule has 3 unspecified atom stereocenters. The zero-order valence-corrected chi connectivity index (χ0v) is 27.1. The average Bonchev–Trinajstić information content (AvgIpc) is 3.85. The van der Waals surface area contributed by atoms with E-state index in [0.29, 0.717) is 5.57 Å². The minimum atomic E-state index is -1.40. The average molecular weight is 721 g/mol. The molecular formula is C27H28N8O12S2. The van der Waals surface area contributed by atoms with E-state index in [2.05, 4.69) is 19.8 Å². The van der Waals surface area contributed by atoms with Gasteiger partial charge in [0.1, 0.15) is 17.1 Å². The molecule has 0 radical (unpaired) electrons. The van der Waals surface area contributed by atoms with Crippen LogP contribution in [-0.2, 0) is 30.5 Å². The van der Waals surface area contributed by atoms with Crippen molar-refractivity contribution in [3.63, 3.8) is 0 Å². The number of nitrogen functional groups attached to an aromatic ring is 1. The van der Waals surface area contributed by atoms with E-state index in [1.807, 2.05) is 0 Å². The fraction of sp³-hybridized carbons (Fsp3) is 0.444. The quantitative estimate of drug-likeness (QED) is 0.0670. The molecule has 0 aromatic carbocycles. The summed E-state index contributed by atoms with van der Waals surface area (Å²) in [5.41, 5.74) is 5.15. The van der Waals surface area contributed by atoms with Crippen LogP contribution >= 0.6 is 23.3 Å². The number of thioether (sulfide) groups is 1. The number of fused-ring (bicyclic) bond motifs is 1. The summed E-state index contributed by atoms with van der Waals surface area (Å²) in [5.74, 6) is -4.36. The number of ether oxygens (including phenoxy) is 1. The zero-order valence-electron chi connectivity index (χ0n) is 25.4. The SMILES string of the molecule is Cc1oc(=O)oc1COC(=O)N1CC(N2CC/C(=C\C3=C(C(=O)O)N4C(=O)[C@@H](NC(=O)/C(=N\O)c5nsc(N)n5)C4SC3)C2=O)CC1CO. The third kappa shape index (κ3) is 6.24. The van der Waals surface area contributed by atoms with Gasteiger partial charge in [-0.25, -0.2) is 14.4 Å². The Morgan fingerprint density at radius 3 is 2.65 bits per heavy atom. The normalized spacial score (nSPS) is 24.8. The largest absolute Gasteiger partial charge is 0.519 e. The number of carboxylic acids is 1. The summed E-state index contributed by atoms with van der Waals surface area (Å²) in [6.45, 7) is 1.05. The van der Waals surface area contributed by atoms with Crippen molar-refractivity contribution < 1.29 is 53.0 Å². The van der Waals surface area contributed by atoms with Crippen molar-refractivity contribution in [3.8, 4) is 0 Å². The van der Waals surface area contributed by atoms with Gasteiger partial charge >= 0.3 is 17.9 Å². The van der Waals surface area contributed by atoms with Crippen molar-refractivity contribution in [1.82, 2.24) is 29.4 Å². The number of aliphatic hydroxyl groups is 1. The van der Waals surface area contributed by atoms with Crippen LogP contribution in [-0.4, -0.2) is 124 Å². The highest BCUT2D eigenvalue weighted by Gasteiger charge is 2.54. The van der Waals surface area contributed by atoms with Crippen LogP contribution in [0.4, 0.5) is 9.93 Å². The highest BCUT2D eigenvalue weighted by molar-refractivity contribution is 8.00. The molecule has 4 atom stereocenters. The fourth-order valence-corrected chi connectivity index (χ4v) is 7.78. The number of β-lactam (4-membered cyclic amide) rings is 1. The highest BCUT2D eigenvalue weighted by Crippen LogP contribution is 2.41. The van der Waals surface area contributed by atoms with Gasteiger partial charge in [-0.05, 0) is 31.4 Å². The van der Waals surface area contributed by atoms with Crippen LogP contribution in [0.5, 0.6) is 0 Å². The van der Waals surface area contributed by atoms with Gasteiger partial charge in [0.15, 0.2) is 23.3 Å². The summed E-state index contributed by atoms with van der Waals surface area (Å²) in [4.78, 5) is 83.6. The molecule has 3 saturated heterocycles. The Labute approximate surface area is 283 Å². The van der Waals surface area contributed by atoms with Gasteiger partial charge in [0.05, 0.1) is 18.7 Å². The molecule has 3 fully saturated rings. The molecule has 6 heterocycles. The molecule has 2 aromatic heterocycles. The van der Waals surface area contributed by atoms with Crippen molar-refractivity contribution in [2.45, 2.75) is 49.9 Å². The molecule has 260 valence electrons. The number of rotatable bonds is 9. The Morgan fingerprint density at radius 2 is 2.02 bits per heavy atom. The van der Waals surface area contributed by atoms with Crippen LogP contribution in [0.3, 0.4) is 0 Å². The van der Waals surface area contributed by atoms with Crippen LogP contribution in [0, 0.1) is 6.92 Å². The Bertz CT molecular complexity index is 1880. The Morgan fingerprint density at radius 1 is 1.24 bits per heavy atom. The Balaban J connectivity index is 1.12. The zero-order chi connectivity index (χ0) is 35.1. The predicted molar refractivity (Wildman–Crippen MR) is 165 cm³/mol. The van der Waals surface area contributed by atoms with E-state index in [1.54, 1.807) is 4.90 Å². The van der Waals surface area contributed by atoms with Crippen LogP contribution in [0.1, 0.15) is 30.2 Å². The number of aryl methyl sites for hydroxylation is 1. The molecule has 0 saturated carbocycles. The lowest BCUT2D eigenvalue weighted by molar-refractivity contribution is -0.150. The third-order valence-electron chi connectivity index (χ3n) is 8.40. The van der Waals surface area contributed by atoms with Gasteiger partial charge in [0.25, 0.3) is 11.8 Å². The van der Waals surface area contributed by atoms with E-state index in [9.17, 15) is 44.2 Å². The van der Waals surface area contributed by atoms with Crippen molar-refractivity contribution in [3.05, 3.63) is 50.9 Å². The van der Waals surface area contributed by atoms with Gasteiger partial charge in [-0.1, -0.05) is 5.16 Å². The number of carbonyl (C=O) groups is 5. The van der Waals surface area contributed by atoms with Gasteiger partial charge in [-0.15, -0.1) is 11.8 Å². The number of likely N-dealkylation sites (tertiary alicyclic amines) is 2. The number of anilines is 1. The molecule has 6 N–H and O–H groups in total. The summed E-state index contributed by atoms with van der Waals surface area (Å²) in [5, 5.41) is 33.9. The van der Waals surface area contributed by atoms with Crippen molar-refractivity contribution in [2.75, 3.05) is 31.2 Å². The van der Waals surface area contributed by atoms with E-state index >= 15 is 0 Å². The van der Waals surface area contributed by atoms with Crippen molar-refractivity contribution in [1.29, 1.82) is 0 Å². The lowest BCUT2D eigenvalue weighted by Gasteiger charge is -2.49. The number of nitrogens with one attached hydrogen (secondary N) is 1. The molecule has 4 amide bonds. The lowest BCUT2D eigenvalue weighted by Crippen LogP contribution is -2.71. The van der Waals surface area contributed by atoms with Crippen molar-refractivity contribution >= 4 is 63.9 Å². The molecule has 6 rings (SSSR count). The molecule has 2 aromatic rings. The minimum Gasteiger partial charge on any atom is -0.477 e. The summed E-state index contributed by atoms with van der Waals surface area (Å²) < 4.78 is 18.7. The molecule has 49 heavy (non-hydrogen) atoms. The Kier molecular flexibility index (Phi) is 9.18. The number of allylic oxidation sites excluding steroid dienone is 1. The van der Waals surface area contributed by atoms with Gasteiger partial charge < -0.3 is 49.8 Å². The first kappa shape index (κ1) is 33.7. The number of hydrogen-bond acceptors (Lipinski definition) is 17. The maximum atomic E-state index is 13.5. The number of aliphatic hydroxyl groups excluding tert-OH is 1. The third-order valence-corrected chi connectivity index (χ3v) is 10.2. The first-order valence-corrected chi connectivity index (χ1v) is 16.4. The molecule has 4 aliphatic heterocycles. The highest BCUT2D eigenvalue weighted by atomic mass is 32.2. The molecular weight excluding hydrogens is 692 g/mol. The predicted octanol–water partition coefficient (Wildman–Crippen LogP) is -1.18. The minimum absolute atomic E-state index is 0.0226. The molecule has 22 heteroatoms. The molecule has 4 aliphatic rings.